The Labute approximate surface area is 102 Å². The van der Waals surface area contributed by atoms with E-state index in [1.165, 1.54) is 0 Å². The van der Waals surface area contributed by atoms with E-state index in [-0.39, 0.29) is 11.4 Å². The molecule has 2 heterocycles. The fourth-order valence-corrected chi connectivity index (χ4v) is 1.92. The third kappa shape index (κ3) is 1.78. The fraction of sp³-hybridized carbons (Fsp3) is 0.182. The summed E-state index contributed by atoms with van der Waals surface area (Å²) in [5.41, 5.74) is 1.47. The van der Waals surface area contributed by atoms with E-state index in [4.69, 9.17) is 16.3 Å². The Balaban J connectivity index is 2.09. The van der Waals surface area contributed by atoms with Crippen LogP contribution in [0.25, 0.3) is 10.9 Å². The smallest absolute Gasteiger partial charge is 0.414 e. The quantitative estimate of drug-likeness (QED) is 0.728. The molecule has 1 saturated heterocycles. The normalized spacial score (nSPS) is 15.4. The summed E-state index contributed by atoms with van der Waals surface area (Å²) in [4.78, 5) is 21.0. The molecule has 2 aromatic rings. The fourth-order valence-electron chi connectivity index (χ4n) is 1.78. The van der Waals surface area contributed by atoms with Gasteiger partial charge >= 0.3 is 6.09 Å². The maximum atomic E-state index is 11.4. The van der Waals surface area contributed by atoms with Crippen molar-refractivity contribution in [1.82, 2.24) is 9.97 Å². The molecule has 5 nitrogen and oxygen atoms in total. The molecule has 0 N–H and O–H groups in total. The molecule has 0 bridgehead atoms. The van der Waals surface area contributed by atoms with E-state index < -0.39 is 0 Å². The maximum absolute atomic E-state index is 11.4. The third-order valence-corrected chi connectivity index (χ3v) is 2.79. The van der Waals surface area contributed by atoms with E-state index >= 15 is 0 Å². The summed E-state index contributed by atoms with van der Waals surface area (Å²) in [6.45, 7) is 0.977. The Hall–Kier alpha value is -1.88. The summed E-state index contributed by atoms with van der Waals surface area (Å²) < 4.78 is 4.88. The molecule has 17 heavy (non-hydrogen) atoms. The van der Waals surface area contributed by atoms with Crippen LogP contribution in [0.2, 0.25) is 5.28 Å². The van der Waals surface area contributed by atoms with Gasteiger partial charge in [0.05, 0.1) is 12.1 Å². The zero-order chi connectivity index (χ0) is 11.8. The summed E-state index contributed by atoms with van der Waals surface area (Å²) in [5, 5.41) is 1.07. The van der Waals surface area contributed by atoms with Gasteiger partial charge in [0.2, 0.25) is 5.28 Å². The number of carbonyl (C=O) groups excluding carboxylic acids is 1. The first-order valence-electron chi connectivity index (χ1n) is 5.11. The first-order chi connectivity index (χ1) is 8.24. The summed E-state index contributed by atoms with van der Waals surface area (Å²) in [5.74, 6) is 0. The van der Waals surface area contributed by atoms with E-state index in [1.807, 2.05) is 12.1 Å². The number of amides is 1. The van der Waals surface area contributed by atoms with Gasteiger partial charge in [0.1, 0.15) is 6.61 Å². The van der Waals surface area contributed by atoms with Crippen LogP contribution in [0.5, 0.6) is 0 Å². The Bertz CT molecular complexity index is 602. The molecular weight excluding hydrogens is 242 g/mol. The molecule has 0 unspecified atom stereocenters. The minimum absolute atomic E-state index is 0.193. The monoisotopic (exact) mass is 249 g/mol. The SMILES string of the molecule is O=C1OCCN1c1ccc2cnc(Cl)nc2c1. The molecule has 1 aliphatic rings. The van der Waals surface area contributed by atoms with Crippen molar-refractivity contribution < 1.29 is 9.53 Å². The molecule has 0 radical (unpaired) electrons. The molecule has 6 heteroatoms. The van der Waals surface area contributed by atoms with Crippen LogP contribution in [-0.4, -0.2) is 29.2 Å². The van der Waals surface area contributed by atoms with Crippen LogP contribution in [0.1, 0.15) is 0 Å². The van der Waals surface area contributed by atoms with E-state index in [0.717, 1.165) is 11.1 Å². The van der Waals surface area contributed by atoms with Gasteiger partial charge in [-0.1, -0.05) is 0 Å². The predicted molar refractivity (Wildman–Crippen MR) is 63.2 cm³/mol. The van der Waals surface area contributed by atoms with Crippen LogP contribution in [0.3, 0.4) is 0 Å². The van der Waals surface area contributed by atoms with Crippen molar-refractivity contribution in [2.75, 3.05) is 18.1 Å². The highest BCUT2D eigenvalue weighted by Gasteiger charge is 2.23. The first kappa shape index (κ1) is 10.3. The van der Waals surface area contributed by atoms with Crippen molar-refractivity contribution in [2.45, 2.75) is 0 Å². The van der Waals surface area contributed by atoms with Crippen LogP contribution in [0, 0.1) is 0 Å². The third-order valence-electron chi connectivity index (χ3n) is 2.61. The highest BCUT2D eigenvalue weighted by Crippen LogP contribution is 2.23. The van der Waals surface area contributed by atoms with Gasteiger partial charge < -0.3 is 4.74 Å². The maximum Gasteiger partial charge on any atom is 0.414 e. The summed E-state index contributed by atoms with van der Waals surface area (Å²) >= 11 is 5.73. The first-order valence-corrected chi connectivity index (χ1v) is 5.48. The molecule has 3 rings (SSSR count). The van der Waals surface area contributed by atoms with Crippen molar-refractivity contribution in [1.29, 1.82) is 0 Å². The van der Waals surface area contributed by atoms with Gasteiger partial charge in [-0.05, 0) is 29.8 Å². The Morgan fingerprint density at radius 3 is 3.06 bits per heavy atom. The molecule has 1 aliphatic heterocycles. The molecule has 0 atom stereocenters. The Kier molecular flexibility index (Phi) is 2.33. The van der Waals surface area contributed by atoms with Crippen molar-refractivity contribution in [3.05, 3.63) is 29.7 Å². The summed E-state index contributed by atoms with van der Waals surface area (Å²) in [6.07, 6.45) is 1.32. The zero-order valence-electron chi connectivity index (χ0n) is 8.76. The van der Waals surface area contributed by atoms with Gasteiger partial charge in [-0.25, -0.2) is 14.8 Å². The minimum Gasteiger partial charge on any atom is -0.447 e. The van der Waals surface area contributed by atoms with Gasteiger partial charge in [-0.2, -0.15) is 0 Å². The number of carbonyl (C=O) groups is 1. The molecule has 1 aromatic heterocycles. The highest BCUT2D eigenvalue weighted by molar-refractivity contribution is 6.28. The van der Waals surface area contributed by atoms with Gasteiger partial charge in [-0.3, -0.25) is 4.90 Å². The number of nitrogens with zero attached hydrogens (tertiary/aromatic N) is 3. The largest absolute Gasteiger partial charge is 0.447 e. The van der Waals surface area contributed by atoms with Crippen molar-refractivity contribution >= 4 is 34.3 Å². The molecule has 1 aromatic carbocycles. The number of hydrogen-bond acceptors (Lipinski definition) is 4. The molecule has 1 fully saturated rings. The average molecular weight is 250 g/mol. The molecule has 0 spiro atoms. The number of benzene rings is 1. The lowest BCUT2D eigenvalue weighted by Crippen LogP contribution is -2.23. The second kappa shape index (κ2) is 3.85. The lowest BCUT2D eigenvalue weighted by Gasteiger charge is -2.12. The molecule has 0 aliphatic carbocycles. The molecule has 86 valence electrons. The number of fused-ring (bicyclic) bond motifs is 1. The molecule has 0 saturated carbocycles. The van der Waals surface area contributed by atoms with Gasteiger partial charge in [0, 0.05) is 17.3 Å². The number of halogens is 1. The number of rotatable bonds is 1. The van der Waals surface area contributed by atoms with Crippen molar-refractivity contribution in [3.63, 3.8) is 0 Å². The minimum atomic E-state index is -0.329. The Morgan fingerprint density at radius 1 is 1.41 bits per heavy atom. The molecule has 1 amide bonds. The van der Waals surface area contributed by atoms with Crippen LogP contribution in [0.15, 0.2) is 24.4 Å². The van der Waals surface area contributed by atoms with Crippen molar-refractivity contribution in [3.8, 4) is 0 Å². The average Bonchev–Trinajstić information content (AvgIpc) is 2.74. The topological polar surface area (TPSA) is 55.3 Å². The van der Waals surface area contributed by atoms with Crippen molar-refractivity contribution in [2.24, 2.45) is 0 Å². The van der Waals surface area contributed by atoms with Gasteiger partial charge in [0.25, 0.3) is 0 Å². The number of aromatic nitrogens is 2. The lowest BCUT2D eigenvalue weighted by molar-refractivity contribution is 0.181. The van der Waals surface area contributed by atoms with Crippen LogP contribution >= 0.6 is 11.6 Å². The standard InChI is InChI=1S/C11H8ClN3O2/c12-10-13-6-7-1-2-8(5-9(7)14-10)15-3-4-17-11(15)16/h1-2,5-6H,3-4H2. The number of hydrogen-bond donors (Lipinski definition) is 0. The van der Waals surface area contributed by atoms with Crippen LogP contribution in [-0.2, 0) is 4.74 Å². The number of ether oxygens (including phenoxy) is 1. The van der Waals surface area contributed by atoms with Gasteiger partial charge in [0.15, 0.2) is 0 Å². The van der Waals surface area contributed by atoms with Crippen LogP contribution in [0.4, 0.5) is 10.5 Å². The number of anilines is 1. The summed E-state index contributed by atoms with van der Waals surface area (Å²) in [6, 6.07) is 5.49. The highest BCUT2D eigenvalue weighted by atomic mass is 35.5. The van der Waals surface area contributed by atoms with E-state index in [1.54, 1.807) is 17.2 Å². The lowest BCUT2D eigenvalue weighted by atomic mass is 10.2. The summed E-state index contributed by atoms with van der Waals surface area (Å²) in [7, 11) is 0. The molecular formula is C11H8ClN3O2. The zero-order valence-corrected chi connectivity index (χ0v) is 9.52. The second-order valence-corrected chi connectivity index (χ2v) is 3.99. The number of cyclic esters (lactones) is 1. The van der Waals surface area contributed by atoms with Gasteiger partial charge in [-0.15, -0.1) is 0 Å². The van der Waals surface area contributed by atoms with E-state index in [0.29, 0.717) is 18.7 Å². The Morgan fingerprint density at radius 2 is 2.29 bits per heavy atom. The second-order valence-electron chi connectivity index (χ2n) is 3.65. The predicted octanol–water partition coefficient (Wildman–Crippen LogP) is 2.24. The van der Waals surface area contributed by atoms with E-state index in [9.17, 15) is 4.79 Å². The van der Waals surface area contributed by atoms with E-state index in [2.05, 4.69) is 9.97 Å². The van der Waals surface area contributed by atoms with Crippen LogP contribution < -0.4 is 4.90 Å².